The monoisotopic (exact) mass is 343 g/mol. The van der Waals surface area contributed by atoms with E-state index >= 15 is 0 Å². The van der Waals surface area contributed by atoms with Crippen molar-refractivity contribution in [2.75, 3.05) is 13.1 Å². The average Bonchev–Trinajstić information content (AvgIpc) is 3.21. The van der Waals surface area contributed by atoms with E-state index in [0.717, 1.165) is 43.7 Å². The number of aromatic carboxylic acids is 1. The summed E-state index contributed by atoms with van der Waals surface area (Å²) in [5, 5.41) is 8.99. The van der Waals surface area contributed by atoms with Crippen molar-refractivity contribution in [1.29, 1.82) is 0 Å². The summed E-state index contributed by atoms with van der Waals surface area (Å²) in [6.45, 7) is 3.71. The molecule has 4 nitrogen and oxygen atoms in total. The van der Waals surface area contributed by atoms with Gasteiger partial charge in [-0.25, -0.2) is 4.79 Å². The number of hydrogen-bond acceptors (Lipinski definition) is 3. The van der Waals surface area contributed by atoms with Gasteiger partial charge in [0.1, 0.15) is 4.88 Å². The van der Waals surface area contributed by atoms with Crippen LogP contribution >= 0.6 is 11.3 Å². The zero-order valence-electron chi connectivity index (χ0n) is 13.7. The van der Waals surface area contributed by atoms with Crippen molar-refractivity contribution in [3.8, 4) is 0 Å². The summed E-state index contributed by atoms with van der Waals surface area (Å²) in [6.07, 6.45) is 3.05. The predicted octanol–water partition coefficient (Wildman–Crippen LogP) is 3.93. The van der Waals surface area contributed by atoms with Gasteiger partial charge in [-0.3, -0.25) is 4.79 Å². The Balaban J connectivity index is 1.61. The highest BCUT2D eigenvalue weighted by Crippen LogP contribution is 2.35. The molecule has 1 unspecified atom stereocenters. The Morgan fingerprint density at radius 3 is 2.54 bits per heavy atom. The second-order valence-electron chi connectivity index (χ2n) is 6.74. The van der Waals surface area contributed by atoms with Crippen LogP contribution in [0.3, 0.4) is 0 Å². The lowest BCUT2D eigenvalue weighted by atomic mass is 9.83. The van der Waals surface area contributed by atoms with Gasteiger partial charge >= 0.3 is 5.97 Å². The summed E-state index contributed by atoms with van der Waals surface area (Å²) in [4.78, 5) is 26.1. The van der Waals surface area contributed by atoms with Crippen molar-refractivity contribution in [3.05, 3.63) is 57.8 Å². The predicted molar refractivity (Wildman–Crippen MR) is 94.7 cm³/mol. The topological polar surface area (TPSA) is 57.6 Å². The minimum atomic E-state index is -0.979. The Hall–Kier alpha value is -2.14. The minimum absolute atomic E-state index is 0.0454. The number of carboxylic acid groups (broad SMARTS) is 1. The second-order valence-corrected chi connectivity index (χ2v) is 7.83. The number of carbonyl (C=O) groups excluding carboxylic acids is 1. The normalized spacial score (nSPS) is 20.3. The molecule has 3 rings (SSSR count). The van der Waals surface area contributed by atoms with E-state index in [1.54, 1.807) is 6.07 Å². The number of benzene rings is 1. The van der Waals surface area contributed by atoms with E-state index in [-0.39, 0.29) is 16.2 Å². The molecule has 0 bridgehead atoms. The van der Waals surface area contributed by atoms with Crippen LogP contribution in [0.25, 0.3) is 0 Å². The number of thiophene rings is 1. The van der Waals surface area contributed by atoms with Crippen molar-refractivity contribution in [2.24, 2.45) is 5.41 Å². The molecule has 0 aliphatic carbocycles. The molecule has 1 aromatic carbocycles. The van der Waals surface area contributed by atoms with E-state index in [9.17, 15) is 9.59 Å². The van der Waals surface area contributed by atoms with Gasteiger partial charge in [0.25, 0.3) is 5.91 Å². The summed E-state index contributed by atoms with van der Waals surface area (Å²) in [5.74, 6) is -1.02. The second kappa shape index (κ2) is 6.77. The van der Waals surface area contributed by atoms with Crippen LogP contribution < -0.4 is 0 Å². The maximum Gasteiger partial charge on any atom is 0.345 e. The van der Waals surface area contributed by atoms with Crippen LogP contribution in [-0.4, -0.2) is 35.0 Å². The van der Waals surface area contributed by atoms with Gasteiger partial charge in [0.05, 0.1) is 4.88 Å². The number of nitrogens with zero attached hydrogens (tertiary/aromatic N) is 1. The molecule has 2 aromatic rings. The molecule has 1 saturated heterocycles. The van der Waals surface area contributed by atoms with Gasteiger partial charge in [0, 0.05) is 13.1 Å². The van der Waals surface area contributed by atoms with Crippen LogP contribution in [0.15, 0.2) is 42.5 Å². The van der Waals surface area contributed by atoms with Gasteiger partial charge in [-0.1, -0.05) is 37.3 Å². The average molecular weight is 343 g/mol. The highest BCUT2D eigenvalue weighted by molar-refractivity contribution is 7.15. The standard InChI is InChI=1S/C19H21NO3S/c1-19(10-9-14-5-3-2-4-6-14)11-12-20(13-19)17(21)15-7-8-16(24-15)18(22)23/h2-8H,9-13H2,1H3,(H,22,23). The summed E-state index contributed by atoms with van der Waals surface area (Å²) in [5.41, 5.74) is 1.45. The number of rotatable bonds is 5. The van der Waals surface area contributed by atoms with Crippen LogP contribution in [0, 0.1) is 5.41 Å². The Labute approximate surface area is 145 Å². The lowest BCUT2D eigenvalue weighted by Gasteiger charge is -2.24. The first kappa shape index (κ1) is 16.7. The molecule has 1 aliphatic rings. The van der Waals surface area contributed by atoms with E-state index in [0.29, 0.717) is 4.88 Å². The molecular formula is C19H21NO3S. The zero-order valence-corrected chi connectivity index (χ0v) is 14.5. The fraction of sp³-hybridized carbons (Fsp3) is 0.368. The van der Waals surface area contributed by atoms with Crippen LogP contribution in [0.1, 0.15) is 44.7 Å². The maximum absolute atomic E-state index is 12.6. The molecule has 0 spiro atoms. The fourth-order valence-electron chi connectivity index (χ4n) is 3.22. The van der Waals surface area contributed by atoms with E-state index in [1.807, 2.05) is 11.0 Å². The van der Waals surface area contributed by atoms with Gasteiger partial charge in [0.15, 0.2) is 0 Å². The molecular weight excluding hydrogens is 322 g/mol. The number of carbonyl (C=O) groups is 2. The summed E-state index contributed by atoms with van der Waals surface area (Å²) in [6, 6.07) is 13.5. The number of carboxylic acids is 1. The molecule has 1 aromatic heterocycles. The van der Waals surface area contributed by atoms with Crippen LogP contribution in [0.4, 0.5) is 0 Å². The molecule has 24 heavy (non-hydrogen) atoms. The molecule has 5 heteroatoms. The van der Waals surface area contributed by atoms with Gasteiger partial charge in [-0.15, -0.1) is 11.3 Å². The van der Waals surface area contributed by atoms with Gasteiger partial charge < -0.3 is 10.0 Å². The zero-order chi connectivity index (χ0) is 17.2. The van der Waals surface area contributed by atoms with Gasteiger partial charge in [0.2, 0.25) is 0 Å². The molecule has 1 N–H and O–H groups in total. The number of likely N-dealkylation sites (tertiary alicyclic amines) is 1. The number of aryl methyl sites for hydroxylation is 1. The third kappa shape index (κ3) is 3.67. The third-order valence-corrected chi connectivity index (χ3v) is 5.79. The molecule has 1 amide bonds. The van der Waals surface area contributed by atoms with Gasteiger partial charge in [-0.2, -0.15) is 0 Å². The van der Waals surface area contributed by atoms with Crippen molar-refractivity contribution in [2.45, 2.75) is 26.2 Å². The molecule has 1 aliphatic heterocycles. The van der Waals surface area contributed by atoms with E-state index in [4.69, 9.17) is 5.11 Å². The third-order valence-electron chi connectivity index (χ3n) is 4.73. The quantitative estimate of drug-likeness (QED) is 0.895. The summed E-state index contributed by atoms with van der Waals surface area (Å²) in [7, 11) is 0. The van der Waals surface area contributed by atoms with Crippen molar-refractivity contribution in [1.82, 2.24) is 4.90 Å². The van der Waals surface area contributed by atoms with E-state index in [2.05, 4.69) is 31.2 Å². The summed E-state index contributed by atoms with van der Waals surface area (Å²) < 4.78 is 0. The Morgan fingerprint density at radius 1 is 1.17 bits per heavy atom. The van der Waals surface area contributed by atoms with Gasteiger partial charge in [-0.05, 0) is 42.4 Å². The smallest absolute Gasteiger partial charge is 0.345 e. The molecule has 1 fully saturated rings. The first-order valence-electron chi connectivity index (χ1n) is 8.13. The maximum atomic E-state index is 12.6. The van der Waals surface area contributed by atoms with E-state index in [1.165, 1.54) is 11.6 Å². The number of amides is 1. The Bertz CT molecular complexity index is 740. The molecule has 126 valence electrons. The van der Waals surface area contributed by atoms with Crippen molar-refractivity contribution < 1.29 is 14.7 Å². The summed E-state index contributed by atoms with van der Waals surface area (Å²) >= 11 is 1.06. The minimum Gasteiger partial charge on any atom is -0.477 e. The molecule has 1 atom stereocenters. The van der Waals surface area contributed by atoms with Crippen LogP contribution in [0.2, 0.25) is 0 Å². The Kier molecular flexibility index (Phi) is 4.71. The number of hydrogen-bond donors (Lipinski definition) is 1. The Morgan fingerprint density at radius 2 is 1.88 bits per heavy atom. The van der Waals surface area contributed by atoms with Crippen LogP contribution in [-0.2, 0) is 6.42 Å². The highest BCUT2D eigenvalue weighted by Gasteiger charge is 2.36. The first-order valence-corrected chi connectivity index (χ1v) is 8.95. The fourth-order valence-corrected chi connectivity index (χ4v) is 4.03. The highest BCUT2D eigenvalue weighted by atomic mass is 32.1. The SMILES string of the molecule is CC1(CCc2ccccc2)CCN(C(=O)c2ccc(C(=O)O)s2)C1. The molecule has 2 heterocycles. The largest absolute Gasteiger partial charge is 0.477 e. The lowest BCUT2D eigenvalue weighted by molar-refractivity contribution is 0.0701. The first-order chi connectivity index (χ1) is 11.5. The molecule has 0 radical (unpaired) electrons. The van der Waals surface area contributed by atoms with Crippen molar-refractivity contribution >= 4 is 23.2 Å². The van der Waals surface area contributed by atoms with Crippen molar-refractivity contribution in [3.63, 3.8) is 0 Å². The van der Waals surface area contributed by atoms with E-state index < -0.39 is 5.97 Å². The molecule has 0 saturated carbocycles. The van der Waals surface area contributed by atoms with Crippen LogP contribution in [0.5, 0.6) is 0 Å². The lowest BCUT2D eigenvalue weighted by Crippen LogP contribution is -2.30.